The van der Waals surface area contributed by atoms with Crippen LogP contribution in [-0.4, -0.2) is 28.8 Å². The summed E-state index contributed by atoms with van der Waals surface area (Å²) < 4.78 is 0. The first-order valence-electron chi connectivity index (χ1n) is 12.8. The van der Waals surface area contributed by atoms with Gasteiger partial charge in [-0.25, -0.2) is 0 Å². The number of nitrogens with zero attached hydrogens (tertiary/aromatic N) is 1. The van der Waals surface area contributed by atoms with Crippen molar-refractivity contribution in [1.82, 2.24) is 10.2 Å². The van der Waals surface area contributed by atoms with E-state index in [4.69, 9.17) is 11.6 Å². The lowest BCUT2D eigenvalue weighted by molar-refractivity contribution is -0.141. The zero-order valence-electron chi connectivity index (χ0n) is 21.2. The number of halogens is 1. The van der Waals surface area contributed by atoms with Crippen molar-refractivity contribution in [2.45, 2.75) is 71.0 Å². The summed E-state index contributed by atoms with van der Waals surface area (Å²) in [7, 11) is 0. The van der Waals surface area contributed by atoms with Crippen molar-refractivity contribution in [3.8, 4) is 0 Å². The van der Waals surface area contributed by atoms with Gasteiger partial charge in [0.2, 0.25) is 11.8 Å². The van der Waals surface area contributed by atoms with Crippen molar-refractivity contribution < 1.29 is 9.59 Å². The van der Waals surface area contributed by atoms with Crippen LogP contribution in [0.3, 0.4) is 0 Å². The number of nitrogens with one attached hydrogen (secondary N) is 1. The van der Waals surface area contributed by atoms with Crippen molar-refractivity contribution in [2.24, 2.45) is 0 Å². The fraction of sp³-hybridized carbons (Fsp3) is 0.355. The topological polar surface area (TPSA) is 49.4 Å². The smallest absolute Gasteiger partial charge is 0.243 e. The van der Waals surface area contributed by atoms with Crippen molar-refractivity contribution in [3.05, 3.63) is 106 Å². The highest BCUT2D eigenvalue weighted by molar-refractivity contribution is 6.30. The van der Waals surface area contributed by atoms with E-state index in [1.807, 2.05) is 60.7 Å². The summed E-state index contributed by atoms with van der Waals surface area (Å²) in [5.74, 6) is -0.135. The Bertz CT molecular complexity index is 1170. The van der Waals surface area contributed by atoms with Crippen LogP contribution in [0, 0.1) is 13.8 Å². The molecule has 0 aliphatic heterocycles. The predicted octanol–water partition coefficient (Wildman–Crippen LogP) is 6.20. The average molecular weight is 503 g/mol. The molecular formula is C31H35ClN2O2. The highest BCUT2D eigenvalue weighted by Gasteiger charge is 2.32. The monoisotopic (exact) mass is 502 g/mol. The van der Waals surface area contributed by atoms with Crippen molar-refractivity contribution in [1.29, 1.82) is 0 Å². The summed E-state index contributed by atoms with van der Waals surface area (Å²) in [5, 5.41) is 3.90. The molecule has 1 aliphatic carbocycles. The van der Waals surface area contributed by atoms with E-state index in [2.05, 4.69) is 31.3 Å². The van der Waals surface area contributed by atoms with Gasteiger partial charge in [-0.15, -0.1) is 0 Å². The summed E-state index contributed by atoms with van der Waals surface area (Å²) in [6.07, 6.45) is 4.97. The minimum atomic E-state index is -0.609. The molecule has 2 amide bonds. The van der Waals surface area contributed by atoms with Crippen LogP contribution < -0.4 is 5.32 Å². The Morgan fingerprint density at radius 1 is 0.889 bits per heavy atom. The molecule has 0 heterocycles. The Morgan fingerprint density at radius 2 is 1.56 bits per heavy atom. The van der Waals surface area contributed by atoms with Gasteiger partial charge in [0.15, 0.2) is 0 Å². The highest BCUT2D eigenvalue weighted by atomic mass is 35.5. The molecule has 3 aromatic carbocycles. The first kappa shape index (κ1) is 26.0. The fourth-order valence-electron chi connectivity index (χ4n) is 4.90. The van der Waals surface area contributed by atoms with Gasteiger partial charge in [-0.2, -0.15) is 0 Å². The minimum Gasteiger partial charge on any atom is -0.352 e. The molecule has 1 unspecified atom stereocenters. The molecule has 0 aromatic heterocycles. The number of amides is 2. The quantitative estimate of drug-likeness (QED) is 0.379. The summed E-state index contributed by atoms with van der Waals surface area (Å²) in [6, 6.07) is 23.2. The zero-order valence-corrected chi connectivity index (χ0v) is 21.9. The normalized spacial score (nSPS) is 14.4. The number of aryl methyl sites for hydroxylation is 2. The van der Waals surface area contributed by atoms with Crippen LogP contribution in [0.25, 0.3) is 0 Å². The van der Waals surface area contributed by atoms with Crippen LogP contribution >= 0.6 is 11.6 Å². The fourth-order valence-corrected chi connectivity index (χ4v) is 5.02. The Kier molecular flexibility index (Phi) is 8.82. The van der Waals surface area contributed by atoms with Crippen LogP contribution in [0.15, 0.2) is 72.8 Å². The lowest BCUT2D eigenvalue weighted by Crippen LogP contribution is -2.52. The van der Waals surface area contributed by atoms with E-state index in [0.29, 0.717) is 18.0 Å². The lowest BCUT2D eigenvalue weighted by Gasteiger charge is -2.32. The number of hydrogen-bond acceptors (Lipinski definition) is 2. The van der Waals surface area contributed by atoms with E-state index in [1.165, 1.54) is 5.56 Å². The van der Waals surface area contributed by atoms with Gasteiger partial charge in [0.1, 0.15) is 6.04 Å². The standard InChI is InChI=1S/C31H35ClN2O2/c1-22-12-13-26(18-23(22)2)20-30(35)34(21-25-14-16-27(32)17-15-25)29(19-24-8-4-3-5-9-24)31(36)33-28-10-6-7-11-28/h3-5,8-9,12-18,28-29H,6-7,10-11,19-21H2,1-2H3,(H,33,36). The Labute approximate surface area is 219 Å². The molecular weight excluding hydrogens is 468 g/mol. The van der Waals surface area contributed by atoms with Gasteiger partial charge < -0.3 is 10.2 Å². The van der Waals surface area contributed by atoms with E-state index in [-0.39, 0.29) is 24.3 Å². The first-order valence-corrected chi connectivity index (χ1v) is 13.2. The number of hydrogen-bond donors (Lipinski definition) is 1. The van der Waals surface area contributed by atoms with Gasteiger partial charge in [-0.3, -0.25) is 9.59 Å². The van der Waals surface area contributed by atoms with Gasteiger partial charge in [0.25, 0.3) is 0 Å². The molecule has 1 saturated carbocycles. The molecule has 3 aromatic rings. The maximum Gasteiger partial charge on any atom is 0.243 e. The molecule has 1 N–H and O–H groups in total. The molecule has 1 atom stereocenters. The Hall–Kier alpha value is -3.11. The minimum absolute atomic E-state index is 0.0595. The summed E-state index contributed by atoms with van der Waals surface area (Å²) in [5.41, 5.74) is 5.29. The Morgan fingerprint density at radius 3 is 2.22 bits per heavy atom. The van der Waals surface area contributed by atoms with Crippen LogP contribution in [0.1, 0.15) is 53.5 Å². The summed E-state index contributed by atoms with van der Waals surface area (Å²) in [6.45, 7) is 4.47. The van der Waals surface area contributed by atoms with Crippen LogP contribution in [0.5, 0.6) is 0 Å². The third-order valence-corrected chi connectivity index (χ3v) is 7.42. The number of carbonyl (C=O) groups is 2. The maximum absolute atomic E-state index is 13.9. The average Bonchev–Trinajstić information content (AvgIpc) is 3.38. The molecule has 1 aliphatic rings. The zero-order chi connectivity index (χ0) is 25.5. The second-order valence-corrected chi connectivity index (χ2v) is 10.4. The number of rotatable bonds is 9. The van der Waals surface area contributed by atoms with Crippen molar-refractivity contribution in [2.75, 3.05) is 0 Å². The van der Waals surface area contributed by atoms with Crippen LogP contribution in [-0.2, 0) is 29.0 Å². The molecule has 36 heavy (non-hydrogen) atoms. The molecule has 188 valence electrons. The number of benzene rings is 3. The third-order valence-electron chi connectivity index (χ3n) is 7.17. The molecule has 0 radical (unpaired) electrons. The van der Waals surface area contributed by atoms with Crippen molar-refractivity contribution >= 4 is 23.4 Å². The van der Waals surface area contributed by atoms with Gasteiger partial charge in [-0.1, -0.05) is 85.1 Å². The molecule has 4 nitrogen and oxygen atoms in total. The van der Waals surface area contributed by atoms with E-state index in [1.54, 1.807) is 4.90 Å². The molecule has 0 saturated heterocycles. The van der Waals surface area contributed by atoms with E-state index in [9.17, 15) is 9.59 Å². The van der Waals surface area contributed by atoms with Crippen molar-refractivity contribution in [3.63, 3.8) is 0 Å². The SMILES string of the molecule is Cc1ccc(CC(=O)N(Cc2ccc(Cl)cc2)C(Cc2ccccc2)C(=O)NC2CCCC2)cc1C. The highest BCUT2D eigenvalue weighted by Crippen LogP contribution is 2.21. The second kappa shape index (κ2) is 12.2. The molecule has 1 fully saturated rings. The molecule has 5 heteroatoms. The summed E-state index contributed by atoms with van der Waals surface area (Å²) in [4.78, 5) is 29.4. The predicted molar refractivity (Wildman–Crippen MR) is 146 cm³/mol. The second-order valence-electron chi connectivity index (χ2n) is 9.94. The van der Waals surface area contributed by atoms with Gasteiger partial charge >= 0.3 is 0 Å². The summed E-state index contributed by atoms with van der Waals surface area (Å²) >= 11 is 6.12. The maximum atomic E-state index is 13.9. The Balaban J connectivity index is 1.66. The number of carbonyl (C=O) groups excluding carboxylic acids is 2. The molecule has 0 spiro atoms. The lowest BCUT2D eigenvalue weighted by atomic mass is 10.00. The first-order chi connectivity index (χ1) is 17.4. The molecule has 4 rings (SSSR count). The van der Waals surface area contributed by atoms with Gasteiger partial charge in [-0.05, 0) is 66.6 Å². The van der Waals surface area contributed by atoms with Gasteiger partial charge in [0.05, 0.1) is 6.42 Å². The molecule has 0 bridgehead atoms. The third kappa shape index (κ3) is 6.98. The van der Waals surface area contributed by atoms with E-state index >= 15 is 0 Å². The largest absolute Gasteiger partial charge is 0.352 e. The van der Waals surface area contributed by atoms with Crippen LogP contribution in [0.4, 0.5) is 0 Å². The van der Waals surface area contributed by atoms with Gasteiger partial charge in [0, 0.05) is 24.0 Å². The van der Waals surface area contributed by atoms with E-state index in [0.717, 1.165) is 47.9 Å². The van der Waals surface area contributed by atoms with Crippen LogP contribution in [0.2, 0.25) is 5.02 Å². The van der Waals surface area contributed by atoms with E-state index < -0.39 is 6.04 Å².